The van der Waals surface area contributed by atoms with Crippen molar-refractivity contribution in [3.05, 3.63) is 47.5 Å². The Kier molecular flexibility index (Phi) is 30.9. The fourth-order valence-corrected chi connectivity index (χ4v) is 4.64. The fraction of sp³-hybridized carbons (Fsp3) is 0.650. The normalized spacial score (nSPS) is 11.2. The smallest absolute Gasteiger partial charge is 0.233 e. The van der Waals surface area contributed by atoms with Crippen molar-refractivity contribution in [2.24, 2.45) is 0 Å². The third kappa shape index (κ3) is 23.8. The summed E-state index contributed by atoms with van der Waals surface area (Å²) in [6.45, 7) is 7.61. The zero-order valence-corrected chi connectivity index (χ0v) is 33.9. The molecule has 0 aromatic heterocycles. The summed E-state index contributed by atoms with van der Waals surface area (Å²) < 4.78 is 76.8. The van der Waals surface area contributed by atoms with Crippen LogP contribution in [0.15, 0.2) is 36.4 Å². The molecule has 18 heteroatoms. The quantitative estimate of drug-likeness (QED) is 0.0556. The second kappa shape index (κ2) is 35.4. The van der Waals surface area contributed by atoms with Gasteiger partial charge in [0.1, 0.15) is 19.0 Å². The molecule has 2 rings (SSSR count). The summed E-state index contributed by atoms with van der Waals surface area (Å²) >= 11 is 0. The number of aliphatic hydroxyl groups is 2. The standard InChI is InChI=1S/C40H62O18/c1-45-35-5-3-33(4-6-35)38(43)39(44)34-31-36(57-29-27-55-25-23-53-21-19-51-17-15-49-13-11-47-9-7-41)40(46-2)37(32-34)58-30-28-56-26-24-54-22-20-52-18-16-50-14-12-48-10-8-42/h3-6,31-32,41-42H,7-30H2,1-2H3. The third-order valence-corrected chi connectivity index (χ3v) is 7.46. The van der Waals surface area contributed by atoms with Crippen LogP contribution in [0.25, 0.3) is 0 Å². The van der Waals surface area contributed by atoms with Gasteiger partial charge in [0.25, 0.3) is 0 Å². The number of carbonyl (C=O) groups excluding carboxylic acids is 2. The van der Waals surface area contributed by atoms with Crippen molar-refractivity contribution in [2.45, 2.75) is 0 Å². The molecule has 0 aliphatic heterocycles. The number of hydrogen-bond acceptors (Lipinski definition) is 18. The maximum atomic E-state index is 13.4. The predicted octanol–water partition coefficient (Wildman–Crippen LogP) is 1.68. The summed E-state index contributed by atoms with van der Waals surface area (Å²) in [5.41, 5.74) is 0.254. The van der Waals surface area contributed by atoms with Crippen LogP contribution in [0, 0.1) is 0 Å². The number of Topliss-reactive ketones (excluding diaryl/α,β-unsaturated/α-hetero) is 2. The molecule has 0 heterocycles. The lowest BCUT2D eigenvalue weighted by Crippen LogP contribution is -2.17. The second-order valence-electron chi connectivity index (χ2n) is 11.7. The van der Waals surface area contributed by atoms with Crippen LogP contribution in [-0.4, -0.2) is 195 Å². The molecule has 2 aromatic rings. The third-order valence-electron chi connectivity index (χ3n) is 7.46. The van der Waals surface area contributed by atoms with Gasteiger partial charge in [0, 0.05) is 11.1 Å². The maximum absolute atomic E-state index is 13.4. The lowest BCUT2D eigenvalue weighted by Gasteiger charge is -2.17. The van der Waals surface area contributed by atoms with E-state index in [1.54, 1.807) is 12.1 Å². The molecule has 0 aliphatic rings. The van der Waals surface area contributed by atoms with Crippen molar-refractivity contribution in [1.82, 2.24) is 0 Å². The van der Waals surface area contributed by atoms with E-state index in [4.69, 9.17) is 76.5 Å². The predicted molar refractivity (Wildman–Crippen MR) is 208 cm³/mol. The Morgan fingerprint density at radius 2 is 0.690 bits per heavy atom. The fourth-order valence-electron chi connectivity index (χ4n) is 4.64. The van der Waals surface area contributed by atoms with E-state index in [1.807, 2.05) is 0 Å². The van der Waals surface area contributed by atoms with Crippen molar-refractivity contribution in [1.29, 1.82) is 0 Å². The maximum Gasteiger partial charge on any atom is 0.233 e. The van der Waals surface area contributed by atoms with Gasteiger partial charge in [-0.15, -0.1) is 0 Å². The van der Waals surface area contributed by atoms with Crippen LogP contribution in [0.4, 0.5) is 0 Å². The first-order chi connectivity index (χ1) is 28.5. The highest BCUT2D eigenvalue weighted by Crippen LogP contribution is 2.39. The number of benzene rings is 2. The molecule has 330 valence electrons. The van der Waals surface area contributed by atoms with E-state index in [0.29, 0.717) is 125 Å². The Bertz CT molecular complexity index is 1250. The molecule has 0 atom stereocenters. The van der Waals surface area contributed by atoms with Gasteiger partial charge in [0.15, 0.2) is 11.5 Å². The Morgan fingerprint density at radius 1 is 0.397 bits per heavy atom. The van der Waals surface area contributed by atoms with Crippen LogP contribution >= 0.6 is 0 Å². The molecule has 18 nitrogen and oxygen atoms in total. The molecule has 0 fully saturated rings. The molecule has 2 N–H and O–H groups in total. The number of carbonyl (C=O) groups is 2. The lowest BCUT2D eigenvalue weighted by molar-refractivity contribution is -0.0148. The number of rotatable bonds is 41. The van der Waals surface area contributed by atoms with Gasteiger partial charge in [0.05, 0.1) is 160 Å². The van der Waals surface area contributed by atoms with E-state index in [0.717, 1.165) is 0 Å². The molecular weight excluding hydrogens is 768 g/mol. The topological polar surface area (TPSA) is 204 Å². The monoisotopic (exact) mass is 830 g/mol. The Labute approximate surface area is 340 Å². The van der Waals surface area contributed by atoms with Gasteiger partial charge in [-0.3, -0.25) is 9.59 Å². The Morgan fingerprint density at radius 3 is 0.983 bits per heavy atom. The van der Waals surface area contributed by atoms with E-state index >= 15 is 0 Å². The van der Waals surface area contributed by atoms with Gasteiger partial charge in [-0.25, -0.2) is 0 Å². The number of hydrogen-bond donors (Lipinski definition) is 2. The average Bonchev–Trinajstić information content (AvgIpc) is 3.25. The molecule has 0 amide bonds. The van der Waals surface area contributed by atoms with Crippen molar-refractivity contribution >= 4 is 11.6 Å². The summed E-state index contributed by atoms with van der Waals surface area (Å²) in [6.07, 6.45) is 0. The first kappa shape index (κ1) is 50.6. The van der Waals surface area contributed by atoms with Crippen molar-refractivity contribution in [3.63, 3.8) is 0 Å². The lowest BCUT2D eigenvalue weighted by atomic mass is 10.0. The second-order valence-corrected chi connectivity index (χ2v) is 11.7. The molecule has 0 saturated heterocycles. The Hall–Kier alpha value is -3.50. The molecule has 0 saturated carbocycles. The summed E-state index contributed by atoms with van der Waals surface area (Å²) in [6, 6.07) is 9.13. The zero-order chi connectivity index (χ0) is 41.7. The van der Waals surface area contributed by atoms with Gasteiger partial charge in [-0.2, -0.15) is 0 Å². The Balaban J connectivity index is 1.77. The van der Waals surface area contributed by atoms with Crippen LogP contribution in [0.3, 0.4) is 0 Å². The van der Waals surface area contributed by atoms with E-state index in [2.05, 4.69) is 0 Å². The van der Waals surface area contributed by atoms with E-state index < -0.39 is 11.6 Å². The van der Waals surface area contributed by atoms with E-state index in [1.165, 1.54) is 38.5 Å². The van der Waals surface area contributed by atoms with Crippen LogP contribution in [-0.2, 0) is 47.4 Å². The van der Waals surface area contributed by atoms with Gasteiger partial charge < -0.3 is 76.5 Å². The SMILES string of the molecule is COc1ccc(C(=O)C(=O)c2cc(OCCOCCOCCOCCOCCOCCO)c(OC)c(OCCOCCOCCOCCOCCOCCO)c2)cc1. The highest BCUT2D eigenvalue weighted by Gasteiger charge is 2.24. The van der Waals surface area contributed by atoms with Gasteiger partial charge in [-0.05, 0) is 36.4 Å². The molecule has 0 bridgehead atoms. The minimum atomic E-state index is -0.759. The van der Waals surface area contributed by atoms with Crippen LogP contribution in [0.5, 0.6) is 23.0 Å². The zero-order valence-electron chi connectivity index (χ0n) is 33.9. The highest BCUT2D eigenvalue weighted by atomic mass is 16.6. The van der Waals surface area contributed by atoms with Gasteiger partial charge in [-0.1, -0.05) is 0 Å². The molecule has 0 spiro atoms. The summed E-state index contributed by atoms with van der Waals surface area (Å²) in [7, 11) is 2.96. The highest BCUT2D eigenvalue weighted by molar-refractivity contribution is 6.49. The largest absolute Gasteiger partial charge is 0.497 e. The number of ether oxygens (including phenoxy) is 14. The number of methoxy groups -OCH3 is 2. The molecule has 0 unspecified atom stereocenters. The molecule has 2 aromatic carbocycles. The van der Waals surface area contributed by atoms with Crippen LogP contribution < -0.4 is 18.9 Å². The van der Waals surface area contributed by atoms with Crippen LogP contribution in [0.1, 0.15) is 20.7 Å². The minimum absolute atomic E-state index is 0.0112. The van der Waals surface area contributed by atoms with Crippen molar-refractivity contribution in [3.8, 4) is 23.0 Å². The first-order valence-electron chi connectivity index (χ1n) is 19.3. The summed E-state index contributed by atoms with van der Waals surface area (Å²) in [5.74, 6) is -0.295. The molecule has 0 radical (unpaired) electrons. The average molecular weight is 831 g/mol. The van der Waals surface area contributed by atoms with Crippen LogP contribution in [0.2, 0.25) is 0 Å². The molecule has 58 heavy (non-hydrogen) atoms. The first-order valence-corrected chi connectivity index (χ1v) is 19.3. The summed E-state index contributed by atoms with van der Waals surface area (Å²) in [4.78, 5) is 26.6. The number of ketones is 2. The van der Waals surface area contributed by atoms with Gasteiger partial charge in [0.2, 0.25) is 17.3 Å². The van der Waals surface area contributed by atoms with E-state index in [-0.39, 0.29) is 68.0 Å². The van der Waals surface area contributed by atoms with E-state index in [9.17, 15) is 9.59 Å². The molecule has 0 aliphatic carbocycles. The minimum Gasteiger partial charge on any atom is -0.497 e. The number of aliphatic hydroxyl groups excluding tert-OH is 2. The van der Waals surface area contributed by atoms with Crippen molar-refractivity contribution in [2.75, 3.05) is 173 Å². The molecular formula is C40H62O18. The van der Waals surface area contributed by atoms with Gasteiger partial charge >= 0.3 is 0 Å². The van der Waals surface area contributed by atoms with Crippen molar-refractivity contribution < 1.29 is 86.1 Å². The summed E-state index contributed by atoms with van der Waals surface area (Å²) in [5, 5.41) is 17.3.